The minimum atomic E-state index is -0.225. The van der Waals surface area contributed by atoms with Crippen LogP contribution in [0.25, 0.3) is 5.69 Å². The van der Waals surface area contributed by atoms with Gasteiger partial charge in [-0.15, -0.1) is 0 Å². The third-order valence-corrected chi connectivity index (χ3v) is 5.01. The van der Waals surface area contributed by atoms with Crippen molar-refractivity contribution < 1.29 is 4.79 Å². The molecule has 0 unspecified atom stereocenters. The molecule has 1 amide bonds. The quantitative estimate of drug-likeness (QED) is 0.414. The van der Waals surface area contributed by atoms with Crippen molar-refractivity contribution in [2.75, 3.05) is 5.32 Å². The zero-order chi connectivity index (χ0) is 22.5. The fourth-order valence-corrected chi connectivity index (χ4v) is 3.53. The lowest BCUT2D eigenvalue weighted by Gasteiger charge is -2.13. The highest BCUT2D eigenvalue weighted by atomic mass is 35.5. The van der Waals surface area contributed by atoms with Gasteiger partial charge in [0.1, 0.15) is 5.69 Å². The summed E-state index contributed by atoms with van der Waals surface area (Å²) in [6.07, 6.45) is 3.30. The molecule has 32 heavy (non-hydrogen) atoms. The number of pyridine rings is 1. The highest BCUT2D eigenvalue weighted by molar-refractivity contribution is 6.30. The maximum absolute atomic E-state index is 13.1. The largest absolute Gasteiger partial charge is 0.322 e. The number of hydrogen-bond acceptors (Lipinski definition) is 3. The normalized spacial score (nSPS) is 10.5. The van der Waals surface area contributed by atoms with Crippen molar-refractivity contribution in [2.24, 2.45) is 0 Å². The van der Waals surface area contributed by atoms with E-state index in [1.807, 2.05) is 74.5 Å². The van der Waals surface area contributed by atoms with Gasteiger partial charge in [-0.25, -0.2) is 9.67 Å². The predicted octanol–water partition coefficient (Wildman–Crippen LogP) is 5.70. The molecular weight excluding hydrogens is 420 g/mol. The third kappa shape index (κ3) is 4.88. The van der Waals surface area contributed by atoms with E-state index in [-0.39, 0.29) is 11.8 Å². The van der Waals surface area contributed by atoms with Crippen LogP contribution in [0.4, 0.5) is 5.69 Å². The van der Waals surface area contributed by atoms with E-state index in [4.69, 9.17) is 11.6 Å². The molecule has 4 rings (SSSR count). The van der Waals surface area contributed by atoms with E-state index in [0.29, 0.717) is 22.0 Å². The molecule has 0 saturated heterocycles. The molecule has 0 saturated carbocycles. The fraction of sp³-hybridized carbons (Fsp3) is 0.115. The van der Waals surface area contributed by atoms with Gasteiger partial charge < -0.3 is 5.32 Å². The van der Waals surface area contributed by atoms with Crippen LogP contribution < -0.4 is 5.32 Å². The second-order valence-electron chi connectivity index (χ2n) is 7.49. The SMILES string of the molecule is CC(C)c1c(C(=O)Nc2cccc(C#Cc3ccccn3)c2)cnn1-c1cccc(Cl)c1. The number of carbonyl (C=O) groups excluding carboxylic acids is 1. The van der Waals surface area contributed by atoms with E-state index < -0.39 is 0 Å². The van der Waals surface area contributed by atoms with Crippen LogP contribution in [0.15, 0.2) is 79.1 Å². The lowest BCUT2D eigenvalue weighted by molar-refractivity contribution is 0.102. The van der Waals surface area contributed by atoms with E-state index in [0.717, 1.165) is 16.9 Å². The second-order valence-corrected chi connectivity index (χ2v) is 7.93. The highest BCUT2D eigenvalue weighted by Gasteiger charge is 2.21. The maximum atomic E-state index is 13.1. The first kappa shape index (κ1) is 21.4. The van der Waals surface area contributed by atoms with Crippen LogP contribution in [0.2, 0.25) is 5.02 Å². The molecule has 2 aromatic carbocycles. The molecule has 158 valence electrons. The molecule has 5 nitrogen and oxygen atoms in total. The van der Waals surface area contributed by atoms with Gasteiger partial charge >= 0.3 is 0 Å². The summed E-state index contributed by atoms with van der Waals surface area (Å²) in [6, 6.07) is 20.4. The minimum Gasteiger partial charge on any atom is -0.322 e. The van der Waals surface area contributed by atoms with Crippen molar-refractivity contribution in [3.8, 4) is 17.5 Å². The van der Waals surface area contributed by atoms with Crippen LogP contribution in [0.5, 0.6) is 0 Å². The third-order valence-electron chi connectivity index (χ3n) is 4.77. The predicted molar refractivity (Wildman–Crippen MR) is 127 cm³/mol. The summed E-state index contributed by atoms with van der Waals surface area (Å²) in [5.41, 5.74) is 4.28. The van der Waals surface area contributed by atoms with Gasteiger partial charge in [-0.05, 0) is 60.4 Å². The van der Waals surface area contributed by atoms with Crippen LogP contribution in [0.1, 0.15) is 47.1 Å². The van der Waals surface area contributed by atoms with Crippen molar-refractivity contribution in [3.63, 3.8) is 0 Å². The summed E-state index contributed by atoms with van der Waals surface area (Å²) in [5.74, 6) is 5.96. The zero-order valence-electron chi connectivity index (χ0n) is 17.7. The summed E-state index contributed by atoms with van der Waals surface area (Å²) >= 11 is 6.15. The van der Waals surface area contributed by atoms with Crippen LogP contribution in [-0.2, 0) is 0 Å². The molecule has 0 radical (unpaired) electrons. The van der Waals surface area contributed by atoms with Crippen LogP contribution >= 0.6 is 11.6 Å². The summed E-state index contributed by atoms with van der Waals surface area (Å²) in [7, 11) is 0. The van der Waals surface area contributed by atoms with Gasteiger partial charge in [0, 0.05) is 22.5 Å². The number of anilines is 1. The standard InChI is InChI=1S/C26H21ClN4O/c1-18(2)25-24(17-29-31(25)23-11-6-8-20(27)16-23)26(32)30-22-10-5-7-19(15-22)12-13-21-9-3-4-14-28-21/h3-11,14-18H,1-2H3,(H,30,32). The summed E-state index contributed by atoms with van der Waals surface area (Å²) in [4.78, 5) is 17.3. The highest BCUT2D eigenvalue weighted by Crippen LogP contribution is 2.25. The van der Waals surface area contributed by atoms with Gasteiger partial charge in [0.25, 0.3) is 5.91 Å². The van der Waals surface area contributed by atoms with Crippen molar-refractivity contribution >= 4 is 23.2 Å². The van der Waals surface area contributed by atoms with Gasteiger partial charge in [0.2, 0.25) is 0 Å². The first-order valence-corrected chi connectivity index (χ1v) is 10.6. The number of carbonyl (C=O) groups is 1. The molecular formula is C26H21ClN4O. The molecule has 2 heterocycles. The number of benzene rings is 2. The number of amides is 1. The molecule has 0 atom stereocenters. The average Bonchev–Trinajstić information content (AvgIpc) is 3.25. The van der Waals surface area contributed by atoms with Crippen LogP contribution in [-0.4, -0.2) is 20.7 Å². The number of nitrogens with zero attached hydrogens (tertiary/aromatic N) is 3. The number of nitrogens with one attached hydrogen (secondary N) is 1. The zero-order valence-corrected chi connectivity index (χ0v) is 18.5. The molecule has 1 N–H and O–H groups in total. The Morgan fingerprint density at radius 3 is 2.62 bits per heavy atom. The summed E-state index contributed by atoms with van der Waals surface area (Å²) in [5, 5.41) is 8.04. The average molecular weight is 441 g/mol. The Hall–Kier alpha value is -3.88. The Morgan fingerprint density at radius 1 is 1.03 bits per heavy atom. The molecule has 0 aliphatic heterocycles. The summed E-state index contributed by atoms with van der Waals surface area (Å²) in [6.45, 7) is 4.06. The van der Waals surface area contributed by atoms with Crippen molar-refractivity contribution in [2.45, 2.75) is 19.8 Å². The molecule has 0 spiro atoms. The smallest absolute Gasteiger partial charge is 0.259 e. The van der Waals surface area contributed by atoms with Gasteiger partial charge in [0.15, 0.2) is 0 Å². The minimum absolute atomic E-state index is 0.0767. The Morgan fingerprint density at radius 2 is 1.88 bits per heavy atom. The van der Waals surface area contributed by atoms with Crippen LogP contribution in [0, 0.1) is 11.8 Å². The van der Waals surface area contributed by atoms with Crippen molar-refractivity contribution in [1.82, 2.24) is 14.8 Å². The maximum Gasteiger partial charge on any atom is 0.259 e. The molecule has 0 aliphatic rings. The Kier molecular flexibility index (Phi) is 6.34. The van der Waals surface area contributed by atoms with Crippen LogP contribution in [0.3, 0.4) is 0 Å². The van der Waals surface area contributed by atoms with Gasteiger partial charge in [0.05, 0.1) is 23.1 Å². The van der Waals surface area contributed by atoms with Gasteiger partial charge in [-0.1, -0.05) is 49.6 Å². The first-order valence-electron chi connectivity index (χ1n) is 10.2. The lowest BCUT2D eigenvalue weighted by Crippen LogP contribution is -2.15. The van der Waals surface area contributed by atoms with Crippen molar-refractivity contribution in [1.29, 1.82) is 0 Å². The number of rotatable bonds is 4. The Bertz CT molecular complexity index is 1320. The molecule has 0 bridgehead atoms. The van der Waals surface area contributed by atoms with Gasteiger partial charge in [-0.3, -0.25) is 4.79 Å². The molecule has 6 heteroatoms. The van der Waals surface area contributed by atoms with E-state index in [2.05, 4.69) is 27.2 Å². The molecule has 4 aromatic rings. The van der Waals surface area contributed by atoms with Gasteiger partial charge in [-0.2, -0.15) is 5.10 Å². The molecule has 2 aromatic heterocycles. The van der Waals surface area contributed by atoms with E-state index in [9.17, 15) is 4.79 Å². The van der Waals surface area contributed by atoms with E-state index in [1.165, 1.54) is 0 Å². The number of hydrogen-bond donors (Lipinski definition) is 1. The second kappa shape index (κ2) is 9.51. The number of aromatic nitrogens is 3. The Labute approximate surface area is 192 Å². The topological polar surface area (TPSA) is 59.8 Å². The van der Waals surface area contributed by atoms with Crippen molar-refractivity contribution in [3.05, 3.63) is 107 Å². The Balaban J connectivity index is 1.59. The molecule has 0 aliphatic carbocycles. The fourth-order valence-electron chi connectivity index (χ4n) is 3.35. The molecule has 0 fully saturated rings. The lowest BCUT2D eigenvalue weighted by atomic mass is 10.0. The summed E-state index contributed by atoms with van der Waals surface area (Å²) < 4.78 is 1.76. The first-order chi connectivity index (χ1) is 15.5. The van der Waals surface area contributed by atoms with E-state index >= 15 is 0 Å². The monoisotopic (exact) mass is 440 g/mol. The van der Waals surface area contributed by atoms with E-state index in [1.54, 1.807) is 23.1 Å². The number of halogens is 1.